The molecule has 2 aromatic heterocycles. The van der Waals surface area contributed by atoms with E-state index in [0.717, 1.165) is 43.5 Å². The number of aromatic nitrogens is 4. The SMILES string of the molecule is COc1ccc(N2CCN([C@H](c3ccc(C)cc3)c3nnnn3Cc3ccco3)CC2)cc1. The van der Waals surface area contributed by atoms with Crippen molar-refractivity contribution in [1.29, 1.82) is 0 Å². The minimum absolute atomic E-state index is 0.0337. The number of ether oxygens (including phenoxy) is 1. The van der Waals surface area contributed by atoms with Gasteiger partial charge in [0.1, 0.15) is 18.1 Å². The number of tetrazole rings is 1. The number of rotatable bonds is 7. The zero-order valence-electron chi connectivity index (χ0n) is 19.0. The number of hydrogen-bond acceptors (Lipinski definition) is 7. The van der Waals surface area contributed by atoms with Gasteiger partial charge in [-0.25, -0.2) is 4.68 Å². The first kappa shape index (κ1) is 21.2. The van der Waals surface area contributed by atoms with E-state index in [1.165, 1.54) is 16.8 Å². The molecule has 0 spiro atoms. The fourth-order valence-corrected chi connectivity index (χ4v) is 4.37. The van der Waals surface area contributed by atoms with E-state index < -0.39 is 0 Å². The molecule has 1 aliphatic heterocycles. The van der Waals surface area contributed by atoms with Crippen molar-refractivity contribution >= 4 is 5.69 Å². The van der Waals surface area contributed by atoms with Crippen molar-refractivity contribution in [3.05, 3.63) is 89.6 Å². The number of hydrogen-bond donors (Lipinski definition) is 0. The van der Waals surface area contributed by atoms with Gasteiger partial charge < -0.3 is 14.1 Å². The zero-order valence-corrected chi connectivity index (χ0v) is 19.0. The van der Waals surface area contributed by atoms with Crippen molar-refractivity contribution in [1.82, 2.24) is 25.1 Å². The van der Waals surface area contributed by atoms with E-state index in [1.54, 1.807) is 13.4 Å². The summed E-state index contributed by atoms with van der Waals surface area (Å²) in [6, 6.07) is 20.7. The molecule has 170 valence electrons. The predicted octanol–water partition coefficient (Wildman–Crippen LogP) is 3.54. The second kappa shape index (κ2) is 9.46. The van der Waals surface area contributed by atoms with E-state index in [0.29, 0.717) is 6.54 Å². The van der Waals surface area contributed by atoms with Crippen LogP contribution in [0.25, 0.3) is 0 Å². The summed E-state index contributed by atoms with van der Waals surface area (Å²) in [5, 5.41) is 12.7. The average Bonchev–Trinajstić information content (AvgIpc) is 3.54. The normalized spacial score (nSPS) is 15.5. The van der Waals surface area contributed by atoms with Crippen molar-refractivity contribution in [2.45, 2.75) is 19.5 Å². The highest BCUT2D eigenvalue weighted by Gasteiger charge is 2.31. The molecule has 0 aliphatic carbocycles. The number of nitrogens with zero attached hydrogens (tertiary/aromatic N) is 6. The van der Waals surface area contributed by atoms with Crippen LogP contribution in [0.15, 0.2) is 71.3 Å². The lowest BCUT2D eigenvalue weighted by Crippen LogP contribution is -2.48. The molecule has 33 heavy (non-hydrogen) atoms. The van der Waals surface area contributed by atoms with Crippen LogP contribution in [-0.2, 0) is 6.54 Å². The molecule has 8 nitrogen and oxygen atoms in total. The molecule has 1 fully saturated rings. The summed E-state index contributed by atoms with van der Waals surface area (Å²) in [5.41, 5.74) is 3.64. The van der Waals surface area contributed by atoms with Gasteiger partial charge in [0.25, 0.3) is 0 Å². The van der Waals surface area contributed by atoms with E-state index in [-0.39, 0.29) is 6.04 Å². The molecule has 2 aromatic carbocycles. The Bertz CT molecular complexity index is 1150. The maximum atomic E-state index is 5.54. The van der Waals surface area contributed by atoms with E-state index >= 15 is 0 Å². The Labute approximate surface area is 193 Å². The standard InChI is InChI=1S/C25H28N6O2/c1-19-5-7-20(8-6-19)24(25-26-27-28-31(25)18-23-4-3-17-33-23)30-15-13-29(14-16-30)21-9-11-22(32-2)12-10-21/h3-12,17,24H,13-16,18H2,1-2H3/t24-/m1/s1. The van der Waals surface area contributed by atoms with Crippen molar-refractivity contribution in [3.8, 4) is 5.75 Å². The first-order chi connectivity index (χ1) is 16.2. The van der Waals surface area contributed by atoms with Crippen LogP contribution in [-0.4, -0.2) is 58.4 Å². The van der Waals surface area contributed by atoms with Gasteiger partial charge in [-0.1, -0.05) is 29.8 Å². The monoisotopic (exact) mass is 444 g/mol. The third-order valence-corrected chi connectivity index (χ3v) is 6.20. The van der Waals surface area contributed by atoms with Crippen LogP contribution in [0.3, 0.4) is 0 Å². The van der Waals surface area contributed by atoms with Crippen molar-refractivity contribution < 1.29 is 9.15 Å². The number of benzene rings is 2. The summed E-state index contributed by atoms with van der Waals surface area (Å²) < 4.78 is 12.7. The van der Waals surface area contributed by atoms with Gasteiger partial charge in [-0.3, -0.25) is 4.90 Å². The Morgan fingerprint density at radius 2 is 1.73 bits per heavy atom. The maximum Gasteiger partial charge on any atom is 0.173 e. The summed E-state index contributed by atoms with van der Waals surface area (Å²) in [7, 11) is 1.69. The maximum absolute atomic E-state index is 5.54. The lowest BCUT2D eigenvalue weighted by atomic mass is 10.0. The number of methoxy groups -OCH3 is 1. The lowest BCUT2D eigenvalue weighted by molar-refractivity contribution is 0.201. The molecule has 0 unspecified atom stereocenters. The molecule has 8 heteroatoms. The summed E-state index contributed by atoms with van der Waals surface area (Å²) in [6.07, 6.45) is 1.68. The highest BCUT2D eigenvalue weighted by atomic mass is 16.5. The Balaban J connectivity index is 1.39. The number of furan rings is 1. The second-order valence-corrected chi connectivity index (χ2v) is 8.31. The van der Waals surface area contributed by atoms with Crippen molar-refractivity contribution in [2.24, 2.45) is 0 Å². The molecular weight excluding hydrogens is 416 g/mol. The highest BCUT2D eigenvalue weighted by molar-refractivity contribution is 5.49. The quantitative estimate of drug-likeness (QED) is 0.432. The molecule has 0 amide bonds. The number of aryl methyl sites for hydroxylation is 1. The second-order valence-electron chi connectivity index (χ2n) is 8.31. The van der Waals surface area contributed by atoms with E-state index in [4.69, 9.17) is 9.15 Å². The third-order valence-electron chi connectivity index (χ3n) is 6.20. The van der Waals surface area contributed by atoms with Gasteiger partial charge in [0.2, 0.25) is 0 Å². The van der Waals surface area contributed by atoms with E-state index in [2.05, 4.69) is 68.6 Å². The van der Waals surface area contributed by atoms with Crippen LogP contribution >= 0.6 is 0 Å². The molecule has 0 N–H and O–H groups in total. The number of piperazine rings is 1. The predicted molar refractivity (Wildman–Crippen MR) is 125 cm³/mol. The molecule has 0 saturated carbocycles. The summed E-state index contributed by atoms with van der Waals surface area (Å²) >= 11 is 0. The molecule has 0 bridgehead atoms. The Morgan fingerprint density at radius 3 is 2.39 bits per heavy atom. The van der Waals surface area contributed by atoms with Gasteiger partial charge >= 0.3 is 0 Å². The van der Waals surface area contributed by atoms with Crippen molar-refractivity contribution in [3.63, 3.8) is 0 Å². The first-order valence-corrected chi connectivity index (χ1v) is 11.2. The molecule has 1 atom stereocenters. The Kier molecular flexibility index (Phi) is 6.08. The van der Waals surface area contributed by atoms with Crippen LogP contribution in [0, 0.1) is 6.92 Å². The highest BCUT2D eigenvalue weighted by Crippen LogP contribution is 2.30. The summed E-state index contributed by atoms with van der Waals surface area (Å²) in [4.78, 5) is 4.88. The minimum atomic E-state index is -0.0337. The topological polar surface area (TPSA) is 72.5 Å². The third kappa shape index (κ3) is 4.61. The van der Waals surface area contributed by atoms with Crippen LogP contribution in [0.2, 0.25) is 0 Å². The smallest absolute Gasteiger partial charge is 0.173 e. The van der Waals surface area contributed by atoms with Gasteiger partial charge in [-0.05, 0) is 59.3 Å². The van der Waals surface area contributed by atoms with E-state index in [1.807, 2.05) is 28.9 Å². The molecule has 0 radical (unpaired) electrons. The molecule has 3 heterocycles. The fraction of sp³-hybridized carbons (Fsp3) is 0.320. The van der Waals surface area contributed by atoms with Crippen LogP contribution in [0.4, 0.5) is 5.69 Å². The summed E-state index contributed by atoms with van der Waals surface area (Å²) in [6.45, 7) is 6.26. The van der Waals surface area contributed by atoms with Crippen LogP contribution in [0.1, 0.15) is 28.8 Å². The largest absolute Gasteiger partial charge is 0.497 e. The molecular formula is C25H28N6O2. The number of anilines is 1. The average molecular weight is 445 g/mol. The van der Waals surface area contributed by atoms with Crippen LogP contribution < -0.4 is 9.64 Å². The Morgan fingerprint density at radius 1 is 0.970 bits per heavy atom. The zero-order chi connectivity index (χ0) is 22.6. The van der Waals surface area contributed by atoms with Gasteiger partial charge in [-0.2, -0.15) is 0 Å². The molecule has 1 aliphatic rings. The first-order valence-electron chi connectivity index (χ1n) is 11.2. The molecule has 1 saturated heterocycles. The minimum Gasteiger partial charge on any atom is -0.497 e. The van der Waals surface area contributed by atoms with E-state index in [9.17, 15) is 0 Å². The molecule has 5 rings (SSSR count). The summed E-state index contributed by atoms with van der Waals surface area (Å²) in [5.74, 6) is 2.53. The fourth-order valence-electron chi connectivity index (χ4n) is 4.37. The van der Waals surface area contributed by atoms with Gasteiger partial charge in [0, 0.05) is 31.9 Å². The van der Waals surface area contributed by atoms with Crippen molar-refractivity contribution in [2.75, 3.05) is 38.2 Å². The lowest BCUT2D eigenvalue weighted by Gasteiger charge is -2.40. The van der Waals surface area contributed by atoms with Gasteiger partial charge in [0.15, 0.2) is 5.82 Å². The Hall–Kier alpha value is -3.65. The van der Waals surface area contributed by atoms with Gasteiger partial charge in [0.05, 0.1) is 19.4 Å². The van der Waals surface area contributed by atoms with Gasteiger partial charge in [-0.15, -0.1) is 5.10 Å². The van der Waals surface area contributed by atoms with Crippen LogP contribution in [0.5, 0.6) is 5.75 Å². The molecule has 4 aromatic rings.